The SMILES string of the molecule is CN(C)CCN(C)c1nc(CN)cc(-c2ccc(C(F)(F)F)cc2)n1. The van der Waals surface area contributed by atoms with Gasteiger partial charge in [0.05, 0.1) is 17.0 Å². The smallest absolute Gasteiger partial charge is 0.343 e. The number of halogens is 3. The lowest BCUT2D eigenvalue weighted by Gasteiger charge is -2.20. The minimum absolute atomic E-state index is 0.227. The molecule has 2 N–H and O–H groups in total. The van der Waals surface area contributed by atoms with Crippen molar-refractivity contribution in [3.05, 3.63) is 41.6 Å². The topological polar surface area (TPSA) is 58.3 Å². The standard InChI is InChI=1S/C17H22F3N5/c1-24(2)8-9-25(3)16-22-14(11-21)10-15(23-16)12-4-6-13(7-5-12)17(18,19)20/h4-7,10H,8-9,11,21H2,1-3H3. The molecule has 1 aromatic carbocycles. The first kappa shape index (κ1) is 19.1. The first-order valence-corrected chi connectivity index (χ1v) is 7.82. The van der Waals surface area contributed by atoms with E-state index in [2.05, 4.69) is 9.97 Å². The molecule has 136 valence electrons. The van der Waals surface area contributed by atoms with Gasteiger partial charge in [0.1, 0.15) is 0 Å². The number of likely N-dealkylation sites (N-methyl/N-ethyl adjacent to an activating group) is 2. The summed E-state index contributed by atoms with van der Waals surface area (Å²) in [7, 11) is 5.81. The van der Waals surface area contributed by atoms with Gasteiger partial charge in [0, 0.05) is 32.2 Å². The van der Waals surface area contributed by atoms with Crippen LogP contribution in [0, 0.1) is 0 Å². The summed E-state index contributed by atoms with van der Waals surface area (Å²) in [4.78, 5) is 12.8. The second kappa shape index (κ2) is 7.79. The van der Waals surface area contributed by atoms with E-state index >= 15 is 0 Å². The molecule has 0 aliphatic heterocycles. The molecular formula is C17H22F3N5. The van der Waals surface area contributed by atoms with E-state index in [0.29, 0.717) is 29.4 Å². The molecule has 2 aromatic rings. The molecule has 8 heteroatoms. The van der Waals surface area contributed by atoms with Crippen LogP contribution in [-0.4, -0.2) is 49.1 Å². The van der Waals surface area contributed by atoms with Gasteiger partial charge in [-0.2, -0.15) is 13.2 Å². The fourth-order valence-electron chi connectivity index (χ4n) is 2.19. The van der Waals surface area contributed by atoms with Crippen LogP contribution in [0.4, 0.5) is 19.1 Å². The summed E-state index contributed by atoms with van der Waals surface area (Å²) in [6, 6.07) is 6.62. The lowest BCUT2D eigenvalue weighted by molar-refractivity contribution is -0.137. The Balaban J connectivity index is 2.32. The molecule has 25 heavy (non-hydrogen) atoms. The average molecular weight is 353 g/mol. The molecule has 1 aromatic heterocycles. The van der Waals surface area contributed by atoms with Crippen molar-refractivity contribution in [2.75, 3.05) is 39.1 Å². The highest BCUT2D eigenvalue weighted by molar-refractivity contribution is 5.61. The summed E-state index contributed by atoms with van der Waals surface area (Å²) in [5, 5.41) is 0. The zero-order valence-electron chi connectivity index (χ0n) is 14.5. The first-order chi connectivity index (χ1) is 11.7. The molecule has 0 fully saturated rings. The van der Waals surface area contributed by atoms with Gasteiger partial charge in [0.15, 0.2) is 0 Å². The molecule has 5 nitrogen and oxygen atoms in total. The third-order valence-electron chi connectivity index (χ3n) is 3.71. The van der Waals surface area contributed by atoms with Gasteiger partial charge in [-0.15, -0.1) is 0 Å². The molecule has 2 rings (SSSR count). The van der Waals surface area contributed by atoms with Crippen LogP contribution in [0.1, 0.15) is 11.3 Å². The van der Waals surface area contributed by atoms with E-state index in [-0.39, 0.29) is 6.54 Å². The molecule has 0 saturated heterocycles. The molecule has 0 atom stereocenters. The van der Waals surface area contributed by atoms with E-state index < -0.39 is 11.7 Å². The number of benzene rings is 1. The van der Waals surface area contributed by atoms with Crippen molar-refractivity contribution in [2.45, 2.75) is 12.7 Å². The predicted octanol–water partition coefficient (Wildman–Crippen LogP) is 2.62. The monoisotopic (exact) mass is 353 g/mol. The van der Waals surface area contributed by atoms with Crippen molar-refractivity contribution in [3.8, 4) is 11.3 Å². The van der Waals surface area contributed by atoms with Gasteiger partial charge < -0.3 is 15.5 Å². The predicted molar refractivity (Wildman–Crippen MR) is 92.2 cm³/mol. The molecular weight excluding hydrogens is 331 g/mol. The number of rotatable bonds is 6. The second-order valence-corrected chi connectivity index (χ2v) is 6.05. The van der Waals surface area contributed by atoms with Crippen LogP contribution in [0.5, 0.6) is 0 Å². The van der Waals surface area contributed by atoms with E-state index in [4.69, 9.17) is 5.73 Å². The Morgan fingerprint density at radius 3 is 2.16 bits per heavy atom. The Morgan fingerprint density at radius 2 is 1.64 bits per heavy atom. The van der Waals surface area contributed by atoms with E-state index in [1.807, 2.05) is 30.9 Å². The zero-order valence-corrected chi connectivity index (χ0v) is 14.5. The van der Waals surface area contributed by atoms with Gasteiger partial charge in [0.2, 0.25) is 5.95 Å². The largest absolute Gasteiger partial charge is 0.416 e. The van der Waals surface area contributed by atoms with Crippen LogP contribution in [0.25, 0.3) is 11.3 Å². The van der Waals surface area contributed by atoms with Crippen molar-refractivity contribution >= 4 is 5.95 Å². The van der Waals surface area contributed by atoms with Crippen LogP contribution >= 0.6 is 0 Å². The normalized spacial score (nSPS) is 11.8. The fraction of sp³-hybridized carbons (Fsp3) is 0.412. The number of alkyl halides is 3. The zero-order chi connectivity index (χ0) is 18.6. The van der Waals surface area contributed by atoms with Gasteiger partial charge >= 0.3 is 6.18 Å². The Hall–Kier alpha value is -2.19. The molecule has 0 spiro atoms. The van der Waals surface area contributed by atoms with Crippen molar-refractivity contribution < 1.29 is 13.2 Å². The molecule has 0 radical (unpaired) electrons. The number of hydrogen-bond donors (Lipinski definition) is 1. The van der Waals surface area contributed by atoms with Crippen LogP contribution in [0.15, 0.2) is 30.3 Å². The lowest BCUT2D eigenvalue weighted by atomic mass is 10.1. The Morgan fingerprint density at radius 1 is 1.00 bits per heavy atom. The summed E-state index contributed by atoms with van der Waals surface area (Å²) in [6.07, 6.45) is -4.36. The summed E-state index contributed by atoms with van der Waals surface area (Å²) < 4.78 is 38.1. The van der Waals surface area contributed by atoms with Crippen LogP contribution in [0.2, 0.25) is 0 Å². The minimum atomic E-state index is -4.36. The quantitative estimate of drug-likeness (QED) is 0.865. The third-order valence-corrected chi connectivity index (χ3v) is 3.71. The third kappa shape index (κ3) is 5.14. The molecule has 1 heterocycles. The molecule has 0 aliphatic rings. The maximum atomic E-state index is 12.7. The van der Waals surface area contributed by atoms with Gasteiger partial charge in [-0.25, -0.2) is 9.97 Å². The van der Waals surface area contributed by atoms with Gasteiger partial charge in [-0.05, 0) is 32.3 Å². The fourth-order valence-corrected chi connectivity index (χ4v) is 2.19. The number of hydrogen-bond acceptors (Lipinski definition) is 5. The lowest BCUT2D eigenvalue weighted by Crippen LogP contribution is -2.30. The number of nitrogens with zero attached hydrogens (tertiary/aromatic N) is 4. The Kier molecular flexibility index (Phi) is 5.97. The van der Waals surface area contributed by atoms with Crippen molar-refractivity contribution in [1.82, 2.24) is 14.9 Å². The van der Waals surface area contributed by atoms with E-state index in [9.17, 15) is 13.2 Å². The van der Waals surface area contributed by atoms with Crippen molar-refractivity contribution in [2.24, 2.45) is 5.73 Å². The summed E-state index contributed by atoms with van der Waals surface area (Å²) >= 11 is 0. The average Bonchev–Trinajstić information content (AvgIpc) is 2.58. The minimum Gasteiger partial charge on any atom is -0.343 e. The molecule has 0 bridgehead atoms. The van der Waals surface area contributed by atoms with Crippen molar-refractivity contribution in [3.63, 3.8) is 0 Å². The number of nitrogens with two attached hydrogens (primary N) is 1. The van der Waals surface area contributed by atoms with E-state index in [0.717, 1.165) is 18.7 Å². The van der Waals surface area contributed by atoms with Crippen LogP contribution < -0.4 is 10.6 Å². The van der Waals surface area contributed by atoms with Crippen LogP contribution in [0.3, 0.4) is 0 Å². The highest BCUT2D eigenvalue weighted by atomic mass is 19.4. The summed E-state index contributed by atoms with van der Waals surface area (Å²) in [5.41, 5.74) is 6.79. The first-order valence-electron chi connectivity index (χ1n) is 7.82. The second-order valence-electron chi connectivity index (χ2n) is 6.05. The van der Waals surface area contributed by atoms with Crippen molar-refractivity contribution in [1.29, 1.82) is 0 Å². The highest BCUT2D eigenvalue weighted by Crippen LogP contribution is 2.31. The highest BCUT2D eigenvalue weighted by Gasteiger charge is 2.30. The van der Waals surface area contributed by atoms with Crippen LogP contribution in [-0.2, 0) is 12.7 Å². The maximum absolute atomic E-state index is 12.7. The summed E-state index contributed by atoms with van der Waals surface area (Å²) in [6.45, 7) is 1.76. The Bertz CT molecular complexity index is 698. The van der Waals surface area contributed by atoms with E-state index in [1.165, 1.54) is 12.1 Å². The maximum Gasteiger partial charge on any atom is 0.416 e. The number of anilines is 1. The van der Waals surface area contributed by atoms with Gasteiger partial charge in [-0.3, -0.25) is 0 Å². The van der Waals surface area contributed by atoms with Gasteiger partial charge in [0.25, 0.3) is 0 Å². The number of aromatic nitrogens is 2. The Labute approximate surface area is 145 Å². The molecule has 0 saturated carbocycles. The molecule has 0 amide bonds. The molecule has 0 unspecified atom stereocenters. The van der Waals surface area contributed by atoms with E-state index in [1.54, 1.807) is 6.07 Å². The molecule has 0 aliphatic carbocycles. The van der Waals surface area contributed by atoms with Gasteiger partial charge in [-0.1, -0.05) is 12.1 Å². The summed E-state index contributed by atoms with van der Waals surface area (Å²) in [5.74, 6) is 0.500.